The Bertz CT molecular complexity index is 193. The molecule has 0 saturated heterocycles. The highest BCUT2D eigenvalue weighted by Gasteiger charge is 2.15. The normalized spacial score (nSPS) is 12.8. The molecule has 0 aromatic carbocycles. The molecule has 2 N–H and O–H groups in total. The zero-order valence-electron chi connectivity index (χ0n) is 11.7. The quantitative estimate of drug-likeness (QED) is 0.473. The van der Waals surface area contributed by atoms with Gasteiger partial charge in [-0.2, -0.15) is 0 Å². The fourth-order valence-corrected chi connectivity index (χ4v) is 1.77. The Labute approximate surface area is 106 Å². The molecule has 0 saturated carbocycles. The minimum atomic E-state index is -0.449. The van der Waals surface area contributed by atoms with E-state index in [1.165, 1.54) is 25.7 Å². The van der Waals surface area contributed by atoms with Crippen LogP contribution in [0.3, 0.4) is 0 Å². The second-order valence-electron chi connectivity index (χ2n) is 5.17. The summed E-state index contributed by atoms with van der Waals surface area (Å²) in [5.41, 5.74) is 5.72. The van der Waals surface area contributed by atoms with Crippen LogP contribution in [0.5, 0.6) is 0 Å². The van der Waals surface area contributed by atoms with Crippen molar-refractivity contribution in [3.63, 3.8) is 0 Å². The minimum absolute atomic E-state index is 0.243. The molecule has 1 atom stereocenters. The van der Waals surface area contributed by atoms with Gasteiger partial charge < -0.3 is 10.5 Å². The van der Waals surface area contributed by atoms with Crippen molar-refractivity contribution < 1.29 is 9.53 Å². The maximum Gasteiger partial charge on any atom is 0.322 e. The maximum absolute atomic E-state index is 11.5. The number of hydrogen-bond donors (Lipinski definition) is 1. The first-order valence-electron chi connectivity index (χ1n) is 7.00. The molecule has 0 aromatic heterocycles. The second-order valence-corrected chi connectivity index (χ2v) is 5.17. The van der Waals surface area contributed by atoms with Crippen LogP contribution in [0.15, 0.2) is 0 Å². The van der Waals surface area contributed by atoms with Crippen LogP contribution in [-0.4, -0.2) is 18.6 Å². The molecule has 0 rings (SSSR count). The Morgan fingerprint density at radius 3 is 2.29 bits per heavy atom. The summed E-state index contributed by atoms with van der Waals surface area (Å²) in [7, 11) is 0. The van der Waals surface area contributed by atoms with Crippen molar-refractivity contribution in [1.82, 2.24) is 0 Å². The predicted octanol–water partition coefficient (Wildman–Crippen LogP) is 3.26. The molecule has 0 aromatic rings. The highest BCUT2D eigenvalue weighted by molar-refractivity contribution is 5.75. The zero-order chi connectivity index (χ0) is 13.1. The monoisotopic (exact) mass is 243 g/mol. The van der Waals surface area contributed by atoms with Gasteiger partial charge in [0.2, 0.25) is 0 Å². The lowest BCUT2D eigenvalue weighted by Gasteiger charge is -2.13. The van der Waals surface area contributed by atoms with Crippen LogP contribution in [0, 0.1) is 5.92 Å². The molecular weight excluding hydrogens is 214 g/mol. The summed E-state index contributed by atoms with van der Waals surface area (Å²) in [5, 5.41) is 0. The Kier molecular flexibility index (Phi) is 10.2. The Morgan fingerprint density at radius 2 is 1.71 bits per heavy atom. The summed E-state index contributed by atoms with van der Waals surface area (Å²) in [6, 6.07) is -0.449. The molecule has 0 aliphatic carbocycles. The van der Waals surface area contributed by atoms with E-state index >= 15 is 0 Å². The summed E-state index contributed by atoms with van der Waals surface area (Å²) < 4.78 is 5.15. The average Bonchev–Trinajstić information content (AvgIpc) is 2.26. The van der Waals surface area contributed by atoms with E-state index in [2.05, 4.69) is 20.8 Å². The van der Waals surface area contributed by atoms with E-state index in [1.807, 2.05) is 0 Å². The van der Waals surface area contributed by atoms with Crippen LogP contribution in [0.4, 0.5) is 0 Å². The van der Waals surface area contributed by atoms with Crippen molar-refractivity contribution in [2.24, 2.45) is 11.7 Å². The Morgan fingerprint density at radius 1 is 1.12 bits per heavy atom. The van der Waals surface area contributed by atoms with Gasteiger partial charge in [0.25, 0.3) is 0 Å². The van der Waals surface area contributed by atoms with Crippen molar-refractivity contribution in [3.05, 3.63) is 0 Å². The molecule has 0 unspecified atom stereocenters. The van der Waals surface area contributed by atoms with Crippen LogP contribution in [0.1, 0.15) is 65.7 Å². The first kappa shape index (κ1) is 16.4. The van der Waals surface area contributed by atoms with E-state index in [4.69, 9.17) is 10.5 Å². The van der Waals surface area contributed by atoms with Gasteiger partial charge in [0, 0.05) is 0 Å². The Hall–Kier alpha value is -0.570. The molecule has 0 radical (unpaired) electrons. The number of hydrogen-bond acceptors (Lipinski definition) is 3. The molecule has 17 heavy (non-hydrogen) atoms. The van der Waals surface area contributed by atoms with E-state index < -0.39 is 6.04 Å². The fraction of sp³-hybridized carbons (Fsp3) is 0.929. The van der Waals surface area contributed by atoms with Gasteiger partial charge in [0.15, 0.2) is 0 Å². The maximum atomic E-state index is 11.5. The third kappa shape index (κ3) is 10.3. The van der Waals surface area contributed by atoms with Gasteiger partial charge in [-0.1, -0.05) is 52.9 Å². The summed E-state index contributed by atoms with van der Waals surface area (Å²) in [4.78, 5) is 11.5. The highest BCUT2D eigenvalue weighted by Crippen LogP contribution is 2.07. The van der Waals surface area contributed by atoms with Gasteiger partial charge in [0.1, 0.15) is 6.04 Å². The van der Waals surface area contributed by atoms with Gasteiger partial charge in [0.05, 0.1) is 6.61 Å². The molecule has 0 amide bonds. The van der Waals surface area contributed by atoms with Crippen molar-refractivity contribution >= 4 is 5.97 Å². The number of carbonyl (C=O) groups is 1. The van der Waals surface area contributed by atoms with E-state index in [-0.39, 0.29) is 5.97 Å². The van der Waals surface area contributed by atoms with E-state index in [0.717, 1.165) is 12.8 Å². The molecule has 3 heteroatoms. The van der Waals surface area contributed by atoms with E-state index in [1.54, 1.807) is 0 Å². The molecule has 0 aliphatic rings. The third-order valence-corrected chi connectivity index (χ3v) is 2.77. The van der Waals surface area contributed by atoms with E-state index in [9.17, 15) is 4.79 Å². The zero-order valence-corrected chi connectivity index (χ0v) is 11.7. The lowest BCUT2D eigenvalue weighted by molar-refractivity contribution is -0.145. The highest BCUT2D eigenvalue weighted by atomic mass is 16.5. The number of esters is 1. The van der Waals surface area contributed by atoms with Crippen LogP contribution >= 0.6 is 0 Å². The van der Waals surface area contributed by atoms with Gasteiger partial charge >= 0.3 is 5.97 Å². The van der Waals surface area contributed by atoms with Crippen molar-refractivity contribution in [3.8, 4) is 0 Å². The SMILES string of the molecule is CCCCCCCCOC(=O)[C@H](N)CC(C)C. The van der Waals surface area contributed by atoms with Crippen LogP contribution in [-0.2, 0) is 9.53 Å². The third-order valence-electron chi connectivity index (χ3n) is 2.77. The molecule has 0 spiro atoms. The van der Waals surface area contributed by atoms with Crippen LogP contribution < -0.4 is 5.73 Å². The van der Waals surface area contributed by atoms with Crippen molar-refractivity contribution in [2.45, 2.75) is 71.8 Å². The smallest absolute Gasteiger partial charge is 0.322 e. The molecule has 102 valence electrons. The predicted molar refractivity (Wildman–Crippen MR) is 71.8 cm³/mol. The number of carbonyl (C=O) groups excluding carboxylic acids is 1. The number of rotatable bonds is 10. The molecule has 3 nitrogen and oxygen atoms in total. The Balaban J connectivity index is 3.38. The molecule has 0 fully saturated rings. The molecule has 0 bridgehead atoms. The summed E-state index contributed by atoms with van der Waals surface area (Å²) in [6.07, 6.45) is 7.91. The van der Waals surface area contributed by atoms with Gasteiger partial charge in [-0.25, -0.2) is 0 Å². The number of unbranched alkanes of at least 4 members (excludes halogenated alkanes) is 5. The molecule has 0 aliphatic heterocycles. The van der Waals surface area contributed by atoms with Crippen molar-refractivity contribution in [2.75, 3.05) is 6.61 Å². The number of nitrogens with two attached hydrogens (primary N) is 1. The van der Waals surface area contributed by atoms with Crippen LogP contribution in [0.25, 0.3) is 0 Å². The summed E-state index contributed by atoms with van der Waals surface area (Å²) in [6.45, 7) is 6.84. The summed E-state index contributed by atoms with van der Waals surface area (Å²) in [5.74, 6) is 0.193. The standard InChI is InChI=1S/C14H29NO2/c1-4-5-6-7-8-9-10-17-14(16)13(15)11-12(2)3/h12-13H,4-11,15H2,1-3H3/t13-/m1/s1. The lowest BCUT2D eigenvalue weighted by atomic mass is 10.1. The average molecular weight is 243 g/mol. The van der Waals surface area contributed by atoms with E-state index in [0.29, 0.717) is 18.9 Å². The minimum Gasteiger partial charge on any atom is -0.465 e. The van der Waals surface area contributed by atoms with Gasteiger partial charge in [-0.15, -0.1) is 0 Å². The lowest BCUT2D eigenvalue weighted by Crippen LogP contribution is -2.33. The van der Waals surface area contributed by atoms with Crippen molar-refractivity contribution in [1.29, 1.82) is 0 Å². The van der Waals surface area contributed by atoms with Crippen LogP contribution in [0.2, 0.25) is 0 Å². The molecular formula is C14H29NO2. The summed E-state index contributed by atoms with van der Waals surface area (Å²) >= 11 is 0. The first-order chi connectivity index (χ1) is 8.07. The first-order valence-corrected chi connectivity index (χ1v) is 7.00. The number of ether oxygens (including phenoxy) is 1. The van der Waals surface area contributed by atoms with Gasteiger partial charge in [-0.05, 0) is 18.8 Å². The second kappa shape index (κ2) is 10.6. The van der Waals surface area contributed by atoms with Gasteiger partial charge in [-0.3, -0.25) is 4.79 Å². The largest absolute Gasteiger partial charge is 0.465 e. The topological polar surface area (TPSA) is 52.3 Å². The fourth-order valence-electron chi connectivity index (χ4n) is 1.77. The molecule has 0 heterocycles.